The van der Waals surface area contributed by atoms with Gasteiger partial charge in [0.2, 0.25) is 10.0 Å². The molecule has 0 spiro atoms. The van der Waals surface area contributed by atoms with E-state index in [0.29, 0.717) is 11.4 Å². The monoisotopic (exact) mass is 413 g/mol. The zero-order chi connectivity index (χ0) is 19.2. The van der Waals surface area contributed by atoms with Crippen molar-refractivity contribution in [2.75, 3.05) is 25.0 Å². The highest BCUT2D eigenvalue weighted by Gasteiger charge is 2.14. The first-order chi connectivity index (χ1) is 12.3. The second-order valence-corrected chi connectivity index (χ2v) is 7.54. The summed E-state index contributed by atoms with van der Waals surface area (Å²) in [4.78, 5) is 12.2. The highest BCUT2D eigenvalue weighted by molar-refractivity contribution is 7.89. The molecule has 0 unspecified atom stereocenters. The van der Waals surface area contributed by atoms with Crippen molar-refractivity contribution in [2.45, 2.75) is 18.7 Å². The molecule has 27 heavy (non-hydrogen) atoms. The van der Waals surface area contributed by atoms with Crippen LogP contribution in [0.25, 0.3) is 0 Å². The quantitative estimate of drug-likeness (QED) is 0.612. The van der Waals surface area contributed by atoms with Gasteiger partial charge in [-0.1, -0.05) is 24.3 Å². The summed E-state index contributed by atoms with van der Waals surface area (Å²) in [5.41, 5.74) is 7.57. The molecule has 0 aliphatic heterocycles. The SMILES string of the molecule is Cc1cccc(C)c1OCC(=O)Nc1cccc(S(=O)(=O)NCCN)c1.Cl. The van der Waals surface area contributed by atoms with Crippen molar-refractivity contribution in [1.82, 2.24) is 4.72 Å². The van der Waals surface area contributed by atoms with Gasteiger partial charge in [0.25, 0.3) is 5.91 Å². The van der Waals surface area contributed by atoms with Crippen LogP contribution in [0.2, 0.25) is 0 Å². The van der Waals surface area contributed by atoms with Crippen molar-refractivity contribution in [2.24, 2.45) is 5.73 Å². The summed E-state index contributed by atoms with van der Waals surface area (Å²) in [5, 5.41) is 2.64. The van der Waals surface area contributed by atoms with Gasteiger partial charge in [-0.3, -0.25) is 4.79 Å². The van der Waals surface area contributed by atoms with Gasteiger partial charge in [0.05, 0.1) is 4.90 Å². The Morgan fingerprint density at radius 1 is 1.11 bits per heavy atom. The summed E-state index contributed by atoms with van der Waals surface area (Å²) in [6.45, 7) is 3.98. The van der Waals surface area contributed by atoms with E-state index >= 15 is 0 Å². The van der Waals surface area contributed by atoms with Crippen LogP contribution in [0.3, 0.4) is 0 Å². The zero-order valence-electron chi connectivity index (χ0n) is 15.2. The topological polar surface area (TPSA) is 111 Å². The summed E-state index contributed by atoms with van der Waals surface area (Å²) in [7, 11) is -3.66. The van der Waals surface area contributed by atoms with Crippen molar-refractivity contribution in [1.29, 1.82) is 0 Å². The molecule has 0 aliphatic carbocycles. The number of carbonyl (C=O) groups is 1. The molecule has 4 N–H and O–H groups in total. The molecule has 0 fully saturated rings. The number of anilines is 1. The number of amides is 1. The molecule has 1 amide bonds. The average Bonchev–Trinajstić information content (AvgIpc) is 2.60. The number of rotatable bonds is 8. The van der Waals surface area contributed by atoms with Crippen LogP contribution in [0.5, 0.6) is 5.75 Å². The van der Waals surface area contributed by atoms with Crippen LogP contribution >= 0.6 is 12.4 Å². The highest BCUT2D eigenvalue weighted by atomic mass is 35.5. The van der Waals surface area contributed by atoms with Gasteiger partial charge >= 0.3 is 0 Å². The number of carbonyl (C=O) groups excluding carboxylic acids is 1. The molecule has 0 aliphatic rings. The number of ether oxygens (including phenoxy) is 1. The third-order valence-electron chi connectivity index (χ3n) is 3.62. The lowest BCUT2D eigenvalue weighted by Crippen LogP contribution is -2.29. The Morgan fingerprint density at radius 3 is 2.37 bits per heavy atom. The van der Waals surface area contributed by atoms with Crippen molar-refractivity contribution in [3.05, 3.63) is 53.6 Å². The Morgan fingerprint density at radius 2 is 1.74 bits per heavy atom. The van der Waals surface area contributed by atoms with Gasteiger partial charge in [-0.25, -0.2) is 13.1 Å². The van der Waals surface area contributed by atoms with Crippen molar-refractivity contribution < 1.29 is 17.9 Å². The van der Waals surface area contributed by atoms with Crippen LogP contribution in [0.4, 0.5) is 5.69 Å². The maximum Gasteiger partial charge on any atom is 0.262 e. The Kier molecular flexibility index (Phi) is 8.71. The van der Waals surface area contributed by atoms with Gasteiger partial charge < -0.3 is 15.8 Å². The maximum absolute atomic E-state index is 12.1. The Bertz CT molecular complexity index is 868. The molecule has 148 valence electrons. The molecule has 0 bridgehead atoms. The van der Waals surface area contributed by atoms with E-state index in [0.717, 1.165) is 11.1 Å². The minimum Gasteiger partial charge on any atom is -0.483 e. The first-order valence-corrected chi connectivity index (χ1v) is 9.60. The highest BCUT2D eigenvalue weighted by Crippen LogP contribution is 2.22. The molecule has 9 heteroatoms. The summed E-state index contributed by atoms with van der Waals surface area (Å²) in [5.74, 6) is 0.294. The van der Waals surface area contributed by atoms with E-state index in [1.807, 2.05) is 32.0 Å². The summed E-state index contributed by atoms with van der Waals surface area (Å²) < 4.78 is 32.2. The van der Waals surface area contributed by atoms with E-state index in [9.17, 15) is 13.2 Å². The molecule has 0 atom stereocenters. The van der Waals surface area contributed by atoms with Gasteiger partial charge in [0.15, 0.2) is 6.61 Å². The lowest BCUT2D eigenvalue weighted by atomic mass is 10.1. The minimum absolute atomic E-state index is 0. The van der Waals surface area contributed by atoms with Gasteiger partial charge in [-0.15, -0.1) is 12.4 Å². The smallest absolute Gasteiger partial charge is 0.262 e. The summed E-state index contributed by atoms with van der Waals surface area (Å²) in [6.07, 6.45) is 0. The van der Waals surface area contributed by atoms with E-state index in [4.69, 9.17) is 10.5 Å². The van der Waals surface area contributed by atoms with E-state index in [-0.39, 0.29) is 42.9 Å². The van der Waals surface area contributed by atoms with Crippen LogP contribution in [0.1, 0.15) is 11.1 Å². The lowest BCUT2D eigenvalue weighted by Gasteiger charge is -2.12. The van der Waals surface area contributed by atoms with E-state index in [1.54, 1.807) is 12.1 Å². The first-order valence-electron chi connectivity index (χ1n) is 8.12. The molecule has 7 nitrogen and oxygen atoms in total. The van der Waals surface area contributed by atoms with Crippen molar-refractivity contribution in [3.8, 4) is 5.75 Å². The predicted octanol–water partition coefficient (Wildman–Crippen LogP) is 1.98. The number of aryl methyl sites for hydroxylation is 2. The minimum atomic E-state index is -3.66. The lowest BCUT2D eigenvalue weighted by molar-refractivity contribution is -0.118. The normalized spacial score (nSPS) is 10.8. The van der Waals surface area contributed by atoms with Crippen molar-refractivity contribution >= 4 is 34.0 Å². The maximum atomic E-state index is 12.1. The fraction of sp³-hybridized carbons (Fsp3) is 0.278. The fourth-order valence-electron chi connectivity index (χ4n) is 2.38. The largest absolute Gasteiger partial charge is 0.483 e. The Balaban J connectivity index is 0.00000364. The van der Waals surface area contributed by atoms with Crippen LogP contribution < -0.4 is 20.5 Å². The summed E-state index contributed by atoms with van der Waals surface area (Å²) >= 11 is 0. The molecule has 0 heterocycles. The van der Waals surface area contributed by atoms with E-state index in [1.165, 1.54) is 12.1 Å². The van der Waals surface area contributed by atoms with Gasteiger partial charge in [0.1, 0.15) is 5.75 Å². The molecular weight excluding hydrogens is 390 g/mol. The van der Waals surface area contributed by atoms with Crippen LogP contribution in [0.15, 0.2) is 47.4 Å². The van der Waals surface area contributed by atoms with Gasteiger partial charge in [0, 0.05) is 18.8 Å². The molecule has 0 saturated heterocycles. The standard InChI is InChI=1S/C18H23N3O4S.ClH/c1-13-5-3-6-14(2)18(13)25-12-17(22)21-15-7-4-8-16(11-15)26(23,24)20-10-9-19;/h3-8,11,20H,9-10,12,19H2,1-2H3,(H,21,22);1H. The van der Waals surface area contributed by atoms with E-state index < -0.39 is 10.0 Å². The summed E-state index contributed by atoms with van der Waals surface area (Å²) in [6, 6.07) is 11.7. The number of nitrogens with one attached hydrogen (secondary N) is 2. The second-order valence-electron chi connectivity index (χ2n) is 5.77. The second kappa shape index (κ2) is 10.3. The fourth-order valence-corrected chi connectivity index (χ4v) is 3.47. The number of benzene rings is 2. The van der Waals surface area contributed by atoms with Crippen molar-refractivity contribution in [3.63, 3.8) is 0 Å². The zero-order valence-corrected chi connectivity index (χ0v) is 16.8. The number of nitrogens with two attached hydrogens (primary N) is 1. The molecule has 2 rings (SSSR count). The van der Waals surface area contributed by atoms with Gasteiger partial charge in [-0.2, -0.15) is 0 Å². The third-order valence-corrected chi connectivity index (χ3v) is 5.08. The number of hydrogen-bond donors (Lipinski definition) is 3. The third kappa shape index (κ3) is 6.51. The number of hydrogen-bond acceptors (Lipinski definition) is 5. The van der Waals surface area contributed by atoms with Crippen LogP contribution in [-0.2, 0) is 14.8 Å². The molecule has 2 aromatic rings. The number of halogens is 1. The van der Waals surface area contributed by atoms with Crippen LogP contribution in [-0.4, -0.2) is 34.0 Å². The Hall–Kier alpha value is -2.13. The van der Waals surface area contributed by atoms with Crippen LogP contribution in [0, 0.1) is 13.8 Å². The van der Waals surface area contributed by atoms with Gasteiger partial charge in [-0.05, 0) is 43.2 Å². The number of sulfonamides is 1. The molecular formula is C18H24ClN3O4S. The van der Waals surface area contributed by atoms with E-state index in [2.05, 4.69) is 10.0 Å². The molecule has 2 aromatic carbocycles. The average molecular weight is 414 g/mol. The molecule has 0 saturated carbocycles. The Labute approximate surface area is 165 Å². The molecule has 0 aromatic heterocycles. The first kappa shape index (κ1) is 22.9. The predicted molar refractivity (Wildman–Crippen MR) is 108 cm³/mol. The number of para-hydroxylation sites is 1. The molecule has 0 radical (unpaired) electrons.